The van der Waals surface area contributed by atoms with Crippen LogP contribution >= 0.6 is 0 Å². The monoisotopic (exact) mass is 279 g/mol. The summed E-state index contributed by atoms with van der Waals surface area (Å²) < 4.78 is 1.87. The molecule has 21 heavy (non-hydrogen) atoms. The molecule has 0 unspecified atom stereocenters. The fraction of sp³-hybridized carbons (Fsp3) is 0.312. The zero-order chi connectivity index (χ0) is 14.2. The van der Waals surface area contributed by atoms with Crippen LogP contribution in [0.15, 0.2) is 42.9 Å². The maximum absolute atomic E-state index is 4.49. The second-order valence-electron chi connectivity index (χ2n) is 5.65. The first-order valence-corrected chi connectivity index (χ1v) is 7.28. The Morgan fingerprint density at radius 2 is 2.00 bits per heavy atom. The Morgan fingerprint density at radius 3 is 2.76 bits per heavy atom. The second-order valence-corrected chi connectivity index (χ2v) is 5.65. The van der Waals surface area contributed by atoms with Gasteiger partial charge in [-0.3, -0.25) is 0 Å². The molecule has 2 heterocycles. The first kappa shape index (κ1) is 12.3. The van der Waals surface area contributed by atoms with E-state index in [0.717, 1.165) is 35.0 Å². The van der Waals surface area contributed by atoms with Crippen LogP contribution in [0.1, 0.15) is 12.8 Å². The van der Waals surface area contributed by atoms with Gasteiger partial charge in [-0.15, -0.1) is 0 Å². The number of hydrogen-bond donors (Lipinski definition) is 0. The quantitative estimate of drug-likeness (QED) is 0.736. The van der Waals surface area contributed by atoms with Crippen molar-refractivity contribution >= 4 is 16.9 Å². The van der Waals surface area contributed by atoms with Gasteiger partial charge in [-0.1, -0.05) is 18.2 Å². The third kappa shape index (κ3) is 2.24. The smallest absolute Gasteiger partial charge is 0.168 e. The van der Waals surface area contributed by atoms with Crippen LogP contribution in [0.4, 0.5) is 5.82 Å². The Hall–Kier alpha value is -2.43. The molecule has 0 aliphatic heterocycles. The highest BCUT2D eigenvalue weighted by Gasteiger charge is 2.24. The van der Waals surface area contributed by atoms with E-state index in [0.29, 0.717) is 0 Å². The van der Waals surface area contributed by atoms with Crippen molar-refractivity contribution < 1.29 is 0 Å². The molecule has 3 aromatic rings. The van der Waals surface area contributed by atoms with Gasteiger partial charge in [0, 0.05) is 13.6 Å². The summed E-state index contributed by atoms with van der Waals surface area (Å²) in [6, 6.07) is 10.1. The SMILES string of the molecule is CN(CC1CC1)c1ncnc2c1cnn2-c1ccccc1. The van der Waals surface area contributed by atoms with Crippen molar-refractivity contribution in [1.29, 1.82) is 0 Å². The Bertz CT molecular complexity index is 761. The number of aromatic nitrogens is 4. The van der Waals surface area contributed by atoms with E-state index in [2.05, 4.69) is 27.0 Å². The third-order valence-corrected chi connectivity index (χ3v) is 3.94. The van der Waals surface area contributed by atoms with Crippen LogP contribution in [0.5, 0.6) is 0 Å². The van der Waals surface area contributed by atoms with E-state index in [-0.39, 0.29) is 0 Å². The molecule has 0 radical (unpaired) electrons. The number of benzene rings is 1. The molecule has 5 nitrogen and oxygen atoms in total. The van der Waals surface area contributed by atoms with E-state index in [1.807, 2.05) is 41.2 Å². The fourth-order valence-electron chi connectivity index (χ4n) is 2.67. The molecule has 0 N–H and O–H groups in total. The highest BCUT2D eigenvalue weighted by Crippen LogP contribution is 2.32. The number of hydrogen-bond acceptors (Lipinski definition) is 4. The molecule has 2 aromatic heterocycles. The molecule has 1 saturated carbocycles. The van der Waals surface area contributed by atoms with Crippen molar-refractivity contribution in [3.63, 3.8) is 0 Å². The summed E-state index contributed by atoms with van der Waals surface area (Å²) in [4.78, 5) is 11.1. The summed E-state index contributed by atoms with van der Waals surface area (Å²) in [5, 5.41) is 5.50. The summed E-state index contributed by atoms with van der Waals surface area (Å²) in [6.45, 7) is 1.06. The molecule has 1 aliphatic rings. The maximum atomic E-state index is 4.49. The highest BCUT2D eigenvalue weighted by atomic mass is 15.3. The molecule has 0 atom stereocenters. The molecule has 1 aromatic carbocycles. The van der Waals surface area contributed by atoms with Crippen LogP contribution in [0.2, 0.25) is 0 Å². The lowest BCUT2D eigenvalue weighted by Gasteiger charge is -2.18. The van der Waals surface area contributed by atoms with Crippen LogP contribution < -0.4 is 4.90 Å². The van der Waals surface area contributed by atoms with Crippen LogP contribution in [-0.2, 0) is 0 Å². The van der Waals surface area contributed by atoms with Gasteiger partial charge in [0.2, 0.25) is 0 Å². The van der Waals surface area contributed by atoms with Gasteiger partial charge in [0.15, 0.2) is 5.65 Å². The minimum atomic E-state index is 0.823. The Labute approximate surface area is 123 Å². The van der Waals surface area contributed by atoms with Crippen molar-refractivity contribution in [1.82, 2.24) is 19.7 Å². The minimum absolute atomic E-state index is 0.823. The Kier molecular flexibility index (Phi) is 2.84. The lowest BCUT2D eigenvalue weighted by atomic mass is 10.3. The first-order valence-electron chi connectivity index (χ1n) is 7.28. The zero-order valence-electron chi connectivity index (χ0n) is 12.0. The molecular weight excluding hydrogens is 262 g/mol. The first-order chi connectivity index (χ1) is 10.3. The molecule has 4 rings (SSSR count). The maximum Gasteiger partial charge on any atom is 0.168 e. The summed E-state index contributed by atoms with van der Waals surface area (Å²) >= 11 is 0. The standard InChI is InChI=1S/C16H17N5/c1-20(10-12-7-8-12)15-14-9-19-21(16(14)18-11-17-15)13-5-3-2-4-6-13/h2-6,9,11-12H,7-8,10H2,1H3. The number of rotatable bonds is 4. The summed E-state index contributed by atoms with van der Waals surface area (Å²) in [6.07, 6.45) is 6.16. The average Bonchev–Trinajstić information content (AvgIpc) is 3.23. The molecule has 1 aliphatic carbocycles. The van der Waals surface area contributed by atoms with Gasteiger partial charge in [-0.05, 0) is 30.9 Å². The van der Waals surface area contributed by atoms with E-state index in [1.165, 1.54) is 12.8 Å². The molecule has 0 spiro atoms. The number of nitrogens with zero attached hydrogens (tertiary/aromatic N) is 5. The summed E-state index contributed by atoms with van der Waals surface area (Å²) in [7, 11) is 2.10. The van der Waals surface area contributed by atoms with E-state index >= 15 is 0 Å². The van der Waals surface area contributed by atoms with E-state index < -0.39 is 0 Å². The van der Waals surface area contributed by atoms with Crippen LogP contribution in [0.25, 0.3) is 16.7 Å². The Morgan fingerprint density at radius 1 is 1.19 bits per heavy atom. The molecule has 1 fully saturated rings. The van der Waals surface area contributed by atoms with Gasteiger partial charge in [-0.25, -0.2) is 14.6 Å². The van der Waals surface area contributed by atoms with E-state index in [4.69, 9.17) is 0 Å². The predicted molar refractivity (Wildman–Crippen MR) is 82.7 cm³/mol. The van der Waals surface area contributed by atoms with Crippen molar-refractivity contribution in [3.05, 3.63) is 42.9 Å². The van der Waals surface area contributed by atoms with Crippen LogP contribution in [0, 0.1) is 5.92 Å². The third-order valence-electron chi connectivity index (χ3n) is 3.94. The number of fused-ring (bicyclic) bond motifs is 1. The fourth-order valence-corrected chi connectivity index (χ4v) is 2.67. The van der Waals surface area contributed by atoms with Gasteiger partial charge in [-0.2, -0.15) is 5.10 Å². The largest absolute Gasteiger partial charge is 0.359 e. The summed E-state index contributed by atoms with van der Waals surface area (Å²) in [5.41, 5.74) is 1.87. The lowest BCUT2D eigenvalue weighted by Crippen LogP contribution is -2.21. The molecule has 0 bridgehead atoms. The topological polar surface area (TPSA) is 46.8 Å². The zero-order valence-corrected chi connectivity index (χ0v) is 12.0. The van der Waals surface area contributed by atoms with Gasteiger partial charge >= 0.3 is 0 Å². The van der Waals surface area contributed by atoms with Crippen molar-refractivity contribution in [3.8, 4) is 5.69 Å². The molecular formula is C16H17N5. The van der Waals surface area contributed by atoms with Crippen molar-refractivity contribution in [2.24, 2.45) is 5.92 Å². The van der Waals surface area contributed by atoms with E-state index in [9.17, 15) is 0 Å². The van der Waals surface area contributed by atoms with Gasteiger partial charge < -0.3 is 4.90 Å². The van der Waals surface area contributed by atoms with Gasteiger partial charge in [0.1, 0.15) is 12.1 Å². The summed E-state index contributed by atoms with van der Waals surface area (Å²) in [5.74, 6) is 1.79. The molecule has 106 valence electrons. The minimum Gasteiger partial charge on any atom is -0.359 e. The lowest BCUT2D eigenvalue weighted by molar-refractivity contribution is 0.779. The number of para-hydroxylation sites is 1. The second kappa shape index (κ2) is 4.84. The molecule has 0 saturated heterocycles. The van der Waals surface area contributed by atoms with Gasteiger partial charge in [0.25, 0.3) is 0 Å². The van der Waals surface area contributed by atoms with Crippen LogP contribution in [0.3, 0.4) is 0 Å². The van der Waals surface area contributed by atoms with Crippen molar-refractivity contribution in [2.45, 2.75) is 12.8 Å². The van der Waals surface area contributed by atoms with Gasteiger partial charge in [0.05, 0.1) is 17.3 Å². The molecule has 5 heteroatoms. The van der Waals surface area contributed by atoms with Crippen molar-refractivity contribution in [2.75, 3.05) is 18.5 Å². The number of anilines is 1. The van der Waals surface area contributed by atoms with E-state index in [1.54, 1.807) is 6.33 Å². The van der Waals surface area contributed by atoms with Crippen LogP contribution in [-0.4, -0.2) is 33.3 Å². The molecule has 0 amide bonds. The average molecular weight is 279 g/mol. The normalized spacial score (nSPS) is 14.5. The highest BCUT2D eigenvalue weighted by molar-refractivity contribution is 5.87. The predicted octanol–water partition coefficient (Wildman–Crippen LogP) is 2.66. The Balaban J connectivity index is 1.78.